The first kappa shape index (κ1) is 25.1. The molecule has 1 fully saturated rings. The molecule has 0 radical (unpaired) electrons. The Morgan fingerprint density at radius 2 is 1.94 bits per heavy atom. The third-order valence-corrected chi connectivity index (χ3v) is 9.23. The van der Waals surface area contributed by atoms with Crippen molar-refractivity contribution in [3.05, 3.63) is 65.7 Å². The fourth-order valence-corrected chi connectivity index (χ4v) is 6.94. The second kappa shape index (κ2) is 9.70. The van der Waals surface area contributed by atoms with E-state index in [0.717, 1.165) is 48.5 Å². The van der Waals surface area contributed by atoms with Gasteiger partial charge in [0.1, 0.15) is 17.9 Å². The molecule has 36 heavy (non-hydrogen) atoms. The molecule has 2 aliphatic heterocycles. The van der Waals surface area contributed by atoms with Gasteiger partial charge >= 0.3 is 0 Å². The summed E-state index contributed by atoms with van der Waals surface area (Å²) in [5.41, 5.74) is 1.10. The van der Waals surface area contributed by atoms with Crippen LogP contribution in [-0.4, -0.2) is 46.5 Å². The number of fused-ring (bicyclic) bond motifs is 1. The first-order valence-electron chi connectivity index (χ1n) is 11.9. The van der Waals surface area contributed by atoms with Gasteiger partial charge < -0.3 is 9.84 Å². The lowest BCUT2D eigenvalue weighted by Crippen LogP contribution is -2.45. The summed E-state index contributed by atoms with van der Waals surface area (Å²) >= 11 is 0.963. The van der Waals surface area contributed by atoms with Crippen molar-refractivity contribution in [2.24, 2.45) is 5.92 Å². The van der Waals surface area contributed by atoms with E-state index in [1.54, 1.807) is 12.1 Å². The van der Waals surface area contributed by atoms with Crippen LogP contribution >= 0.6 is 11.5 Å². The van der Waals surface area contributed by atoms with Crippen molar-refractivity contribution >= 4 is 26.7 Å². The number of hydrogen-bond donors (Lipinski definition) is 2. The van der Waals surface area contributed by atoms with E-state index >= 15 is 0 Å². The molecule has 2 aliphatic rings. The molecule has 11 heteroatoms. The molecule has 0 bridgehead atoms. The molecule has 5 rings (SSSR count). The Bertz CT molecular complexity index is 1310. The quantitative estimate of drug-likeness (QED) is 0.481. The number of sulfonamides is 1. The lowest BCUT2D eigenvalue weighted by atomic mass is 9.77. The van der Waals surface area contributed by atoms with Crippen LogP contribution in [0, 0.1) is 11.7 Å². The molecule has 2 N–H and O–H groups in total. The minimum atomic E-state index is -3.84. The number of nitrogens with one attached hydrogen (secondary N) is 1. The first-order valence-corrected chi connectivity index (χ1v) is 14.2. The number of hydrogen-bond acceptors (Lipinski definition) is 8. The van der Waals surface area contributed by atoms with Gasteiger partial charge in [-0.25, -0.2) is 17.8 Å². The van der Waals surface area contributed by atoms with E-state index in [1.807, 2.05) is 32.0 Å². The van der Waals surface area contributed by atoms with Gasteiger partial charge in [0.15, 0.2) is 0 Å². The minimum Gasteiger partial charge on any atom is -0.493 e. The number of likely N-dealkylation sites (tertiary alicyclic amines) is 1. The van der Waals surface area contributed by atoms with Crippen molar-refractivity contribution in [1.82, 2.24) is 14.3 Å². The lowest BCUT2D eigenvalue weighted by Gasteiger charge is -2.48. The molecule has 3 atom stereocenters. The van der Waals surface area contributed by atoms with Gasteiger partial charge in [0.05, 0.1) is 17.1 Å². The lowest BCUT2D eigenvalue weighted by molar-refractivity contribution is -0.0441. The molecule has 0 aliphatic carbocycles. The van der Waals surface area contributed by atoms with Gasteiger partial charge in [-0.1, -0.05) is 18.2 Å². The fourth-order valence-electron chi connectivity index (χ4n) is 5.27. The summed E-state index contributed by atoms with van der Waals surface area (Å²) in [4.78, 5) is 6.38. The highest BCUT2D eigenvalue weighted by Gasteiger charge is 2.41. The Balaban J connectivity index is 1.46. The van der Waals surface area contributed by atoms with Crippen LogP contribution in [0.5, 0.6) is 5.75 Å². The minimum absolute atomic E-state index is 0.000524. The summed E-state index contributed by atoms with van der Waals surface area (Å²) in [5, 5.41) is 10.9. The summed E-state index contributed by atoms with van der Waals surface area (Å²) in [7, 11) is -3.84. The van der Waals surface area contributed by atoms with E-state index in [4.69, 9.17) is 4.74 Å². The number of nitrogens with zero attached hydrogens (tertiary/aromatic N) is 3. The topological polar surface area (TPSA) is 105 Å². The maximum atomic E-state index is 13.7. The summed E-state index contributed by atoms with van der Waals surface area (Å²) in [6.45, 7) is 4.89. The highest BCUT2D eigenvalue weighted by Crippen LogP contribution is 2.47. The van der Waals surface area contributed by atoms with Gasteiger partial charge in [0, 0.05) is 41.7 Å². The van der Waals surface area contributed by atoms with E-state index in [1.165, 1.54) is 18.5 Å². The molecule has 2 aromatic carbocycles. The number of aromatic nitrogens is 2. The molecule has 1 saturated heterocycles. The maximum Gasteiger partial charge on any atom is 0.263 e. The molecule has 3 heterocycles. The summed E-state index contributed by atoms with van der Waals surface area (Å²) < 4.78 is 51.6. The van der Waals surface area contributed by atoms with Gasteiger partial charge in [0.25, 0.3) is 10.0 Å². The van der Waals surface area contributed by atoms with E-state index < -0.39 is 15.6 Å². The average Bonchev–Trinajstić information content (AvgIpc) is 3.35. The van der Waals surface area contributed by atoms with Crippen LogP contribution in [0.4, 0.5) is 9.52 Å². The molecule has 1 unspecified atom stereocenters. The van der Waals surface area contributed by atoms with Crippen molar-refractivity contribution < 1.29 is 22.7 Å². The molecule has 192 valence electrons. The van der Waals surface area contributed by atoms with Crippen molar-refractivity contribution in [3.8, 4) is 5.75 Å². The normalized spacial score (nSPS) is 23.1. The maximum absolute atomic E-state index is 13.7. The highest BCUT2D eigenvalue weighted by molar-refractivity contribution is 7.93. The third kappa shape index (κ3) is 5.10. The number of aliphatic hydroxyl groups is 1. The largest absolute Gasteiger partial charge is 0.493 e. The van der Waals surface area contributed by atoms with Gasteiger partial charge in [-0.05, 0) is 62.9 Å². The standard InChI is InChI=1S/C25H29FN4O4S2/c1-25(2,31)17-9-11-30(22(13-17)16-3-5-18(26)6-4-16)21-10-12-34-23-14-19(7-8-20(21)23)36(32,33)29-24-27-15-28-35-24/h3-8,14-15,17,21-22,31H,9-13H2,1-2H3,(H,27,28,29)/t17?,21-,22+/m1/s1. The number of benzene rings is 2. The number of piperidine rings is 1. The third-order valence-electron chi connectivity index (χ3n) is 7.18. The molecule has 1 aromatic heterocycles. The predicted octanol–water partition coefficient (Wildman–Crippen LogP) is 4.53. The zero-order valence-electron chi connectivity index (χ0n) is 20.1. The van der Waals surface area contributed by atoms with Crippen molar-refractivity contribution in [3.63, 3.8) is 0 Å². The van der Waals surface area contributed by atoms with Crippen molar-refractivity contribution in [2.75, 3.05) is 17.9 Å². The average molecular weight is 533 g/mol. The SMILES string of the molecule is CC(C)(O)C1CCN([C@@H]2CCOc3cc(S(=O)(=O)Nc4ncns4)ccc32)[C@H](c2ccc(F)cc2)C1. The summed E-state index contributed by atoms with van der Waals surface area (Å²) in [6.07, 6.45) is 3.60. The van der Waals surface area contributed by atoms with E-state index in [-0.39, 0.29) is 33.8 Å². The van der Waals surface area contributed by atoms with Gasteiger partial charge in [0.2, 0.25) is 5.13 Å². The summed E-state index contributed by atoms with van der Waals surface area (Å²) in [6, 6.07) is 11.5. The molecule has 0 saturated carbocycles. The van der Waals surface area contributed by atoms with E-state index in [0.29, 0.717) is 12.4 Å². The Labute approximate surface area is 214 Å². The monoisotopic (exact) mass is 532 g/mol. The molecule has 0 spiro atoms. The van der Waals surface area contributed by atoms with E-state index in [2.05, 4.69) is 19.0 Å². The molecule has 8 nitrogen and oxygen atoms in total. The summed E-state index contributed by atoms with van der Waals surface area (Å²) in [5.74, 6) is 0.350. The van der Waals surface area contributed by atoms with Crippen molar-refractivity contribution in [2.45, 2.75) is 55.7 Å². The first-order chi connectivity index (χ1) is 17.1. The van der Waals surface area contributed by atoms with Crippen LogP contribution in [0.3, 0.4) is 0 Å². The Morgan fingerprint density at radius 3 is 2.64 bits per heavy atom. The number of halogens is 1. The van der Waals surface area contributed by atoms with Crippen LogP contribution in [-0.2, 0) is 10.0 Å². The second-order valence-electron chi connectivity index (χ2n) is 9.88. The Hall–Kier alpha value is -2.60. The van der Waals surface area contributed by atoms with Crippen molar-refractivity contribution in [1.29, 1.82) is 0 Å². The number of rotatable bonds is 6. The highest BCUT2D eigenvalue weighted by atomic mass is 32.2. The molecule has 0 amide bonds. The molecular weight excluding hydrogens is 503 g/mol. The van der Waals surface area contributed by atoms with Gasteiger partial charge in [-0.15, -0.1) is 0 Å². The van der Waals surface area contributed by atoms with Crippen LogP contribution in [0.1, 0.15) is 56.3 Å². The Morgan fingerprint density at radius 1 is 1.17 bits per heavy atom. The van der Waals surface area contributed by atoms with Crippen LogP contribution in [0.25, 0.3) is 0 Å². The van der Waals surface area contributed by atoms with Gasteiger partial charge in [-0.2, -0.15) is 4.37 Å². The number of ether oxygens (including phenoxy) is 1. The fraction of sp³-hybridized carbons (Fsp3) is 0.440. The smallest absolute Gasteiger partial charge is 0.263 e. The predicted molar refractivity (Wildman–Crippen MR) is 135 cm³/mol. The second-order valence-corrected chi connectivity index (χ2v) is 12.3. The van der Waals surface area contributed by atoms with Crippen LogP contribution in [0.2, 0.25) is 0 Å². The Kier molecular flexibility index (Phi) is 6.75. The molecule has 3 aromatic rings. The zero-order chi connectivity index (χ0) is 25.5. The van der Waals surface area contributed by atoms with Crippen LogP contribution < -0.4 is 9.46 Å². The zero-order valence-corrected chi connectivity index (χ0v) is 21.7. The number of anilines is 1. The van der Waals surface area contributed by atoms with Crippen LogP contribution in [0.15, 0.2) is 53.7 Å². The molecular formula is C25H29FN4O4S2. The van der Waals surface area contributed by atoms with E-state index in [9.17, 15) is 17.9 Å². The van der Waals surface area contributed by atoms with Gasteiger partial charge in [-0.3, -0.25) is 9.62 Å².